The number of carbonyl (C=O) groups is 2. The van der Waals surface area contributed by atoms with E-state index in [1.807, 2.05) is 37.2 Å². The van der Waals surface area contributed by atoms with Crippen molar-refractivity contribution in [2.24, 2.45) is 0 Å². The van der Waals surface area contributed by atoms with E-state index in [2.05, 4.69) is 5.32 Å². The molecule has 1 aromatic rings. The Kier molecular flexibility index (Phi) is 7.42. The van der Waals surface area contributed by atoms with Gasteiger partial charge in [-0.2, -0.15) is 0 Å². The zero-order valence-electron chi connectivity index (χ0n) is 12.5. The summed E-state index contributed by atoms with van der Waals surface area (Å²) in [6.07, 6.45) is 1.76. The largest absolute Gasteiger partial charge is 0.352 e. The van der Waals surface area contributed by atoms with Gasteiger partial charge in [0, 0.05) is 24.6 Å². The molecule has 0 aliphatic rings. The van der Waals surface area contributed by atoms with Gasteiger partial charge in [0.15, 0.2) is 0 Å². The van der Waals surface area contributed by atoms with Crippen LogP contribution >= 0.6 is 0 Å². The minimum Gasteiger partial charge on any atom is -0.352 e. The number of benzene rings is 1. The molecule has 0 fully saturated rings. The molecule has 3 N–H and O–H groups in total. The van der Waals surface area contributed by atoms with Crippen molar-refractivity contribution < 1.29 is 14.8 Å². The smallest absolute Gasteiger partial charge is 0.251 e. The van der Waals surface area contributed by atoms with Gasteiger partial charge >= 0.3 is 0 Å². The molecule has 0 aliphatic carbocycles. The third-order valence-corrected chi connectivity index (χ3v) is 3.31. The first-order chi connectivity index (χ1) is 10.0. The lowest BCUT2D eigenvalue weighted by atomic mass is 10.1. The van der Waals surface area contributed by atoms with Gasteiger partial charge in [-0.3, -0.25) is 14.8 Å². The van der Waals surface area contributed by atoms with Gasteiger partial charge in [0.1, 0.15) is 0 Å². The molecule has 6 heteroatoms. The average molecular weight is 293 g/mol. The Balaban J connectivity index is 2.31. The van der Waals surface area contributed by atoms with Crippen LogP contribution in [0.1, 0.15) is 29.6 Å². The number of hydrogen-bond acceptors (Lipinski definition) is 4. The van der Waals surface area contributed by atoms with Gasteiger partial charge in [-0.1, -0.05) is 18.2 Å². The van der Waals surface area contributed by atoms with E-state index >= 15 is 0 Å². The molecule has 2 amide bonds. The summed E-state index contributed by atoms with van der Waals surface area (Å²) >= 11 is 0. The van der Waals surface area contributed by atoms with Gasteiger partial charge in [0.2, 0.25) is 5.91 Å². The molecule has 1 rings (SSSR count). The summed E-state index contributed by atoms with van der Waals surface area (Å²) in [6.45, 7) is 0.554. The zero-order valence-corrected chi connectivity index (χ0v) is 12.5. The van der Waals surface area contributed by atoms with E-state index in [0.717, 1.165) is 12.8 Å². The predicted octanol–water partition coefficient (Wildman–Crippen LogP) is 1.02. The summed E-state index contributed by atoms with van der Waals surface area (Å²) in [5, 5.41) is 11.4. The lowest BCUT2D eigenvalue weighted by Crippen LogP contribution is -2.35. The number of hydroxylamine groups is 1. The number of carbonyl (C=O) groups excluding carboxylic acids is 2. The molecule has 0 aromatic heterocycles. The maximum atomic E-state index is 11.8. The van der Waals surface area contributed by atoms with Gasteiger partial charge in [-0.05, 0) is 39.1 Å². The molecule has 0 spiro atoms. The number of nitrogens with zero attached hydrogens (tertiary/aromatic N) is 1. The Labute approximate surface area is 125 Å². The predicted molar refractivity (Wildman–Crippen MR) is 80.0 cm³/mol. The summed E-state index contributed by atoms with van der Waals surface area (Å²) in [4.78, 5) is 25.0. The number of nitrogens with one attached hydrogen (secondary N) is 2. The van der Waals surface area contributed by atoms with E-state index in [9.17, 15) is 9.59 Å². The van der Waals surface area contributed by atoms with Crippen molar-refractivity contribution in [3.63, 3.8) is 0 Å². The van der Waals surface area contributed by atoms with Gasteiger partial charge in [0.05, 0.1) is 0 Å². The quantitative estimate of drug-likeness (QED) is 0.380. The lowest BCUT2D eigenvalue weighted by molar-refractivity contribution is -0.130. The molecule has 21 heavy (non-hydrogen) atoms. The van der Waals surface area contributed by atoms with Crippen LogP contribution in [0.2, 0.25) is 0 Å². The fourth-order valence-electron chi connectivity index (χ4n) is 2.03. The Morgan fingerprint density at radius 2 is 1.90 bits per heavy atom. The minimum atomic E-state index is -0.401. The van der Waals surface area contributed by atoms with Crippen molar-refractivity contribution in [2.45, 2.75) is 25.3 Å². The minimum absolute atomic E-state index is 0.0331. The van der Waals surface area contributed by atoms with Crippen LogP contribution < -0.4 is 10.8 Å². The van der Waals surface area contributed by atoms with Crippen molar-refractivity contribution in [3.05, 3.63) is 35.9 Å². The molecule has 0 aliphatic heterocycles. The molecule has 0 radical (unpaired) electrons. The number of rotatable bonds is 8. The maximum absolute atomic E-state index is 11.8. The average Bonchev–Trinajstić information content (AvgIpc) is 2.50. The standard InChI is InChI=1S/C15H23N3O3/c1-18(2)13(11-14(19)17-21)9-6-10-16-15(20)12-7-4-3-5-8-12/h3-5,7-8,13,21H,6,9-11H2,1-2H3,(H,16,20)(H,17,19). The second-order valence-corrected chi connectivity index (χ2v) is 5.12. The van der Waals surface area contributed by atoms with Gasteiger partial charge in [0.25, 0.3) is 5.91 Å². The first-order valence-electron chi connectivity index (χ1n) is 6.97. The first-order valence-corrected chi connectivity index (χ1v) is 6.97. The molecule has 1 atom stereocenters. The van der Waals surface area contributed by atoms with E-state index in [1.54, 1.807) is 17.6 Å². The lowest BCUT2D eigenvalue weighted by Gasteiger charge is -2.23. The highest BCUT2D eigenvalue weighted by Gasteiger charge is 2.15. The Bertz CT molecular complexity index is 449. The summed E-state index contributed by atoms with van der Waals surface area (Å²) < 4.78 is 0. The van der Waals surface area contributed by atoms with Gasteiger partial charge in [-0.25, -0.2) is 5.48 Å². The maximum Gasteiger partial charge on any atom is 0.251 e. The Morgan fingerprint density at radius 3 is 2.48 bits per heavy atom. The van der Waals surface area contributed by atoms with Crippen molar-refractivity contribution >= 4 is 11.8 Å². The normalized spacial score (nSPS) is 12.0. The summed E-state index contributed by atoms with van der Waals surface area (Å²) in [5.41, 5.74) is 2.29. The van der Waals surface area contributed by atoms with Crippen LogP contribution in [0.5, 0.6) is 0 Å². The van der Waals surface area contributed by atoms with E-state index in [-0.39, 0.29) is 18.4 Å². The van der Waals surface area contributed by atoms with Crippen molar-refractivity contribution in [1.82, 2.24) is 15.7 Å². The number of amides is 2. The van der Waals surface area contributed by atoms with Crippen molar-refractivity contribution in [3.8, 4) is 0 Å². The van der Waals surface area contributed by atoms with Crippen LogP contribution in [-0.4, -0.2) is 48.6 Å². The summed E-state index contributed by atoms with van der Waals surface area (Å²) in [5.74, 6) is -0.493. The highest BCUT2D eigenvalue weighted by molar-refractivity contribution is 5.94. The molecule has 0 heterocycles. The van der Waals surface area contributed by atoms with Crippen LogP contribution in [-0.2, 0) is 4.79 Å². The van der Waals surface area contributed by atoms with Crippen molar-refractivity contribution in [2.75, 3.05) is 20.6 Å². The molecule has 1 unspecified atom stereocenters. The third kappa shape index (κ3) is 6.37. The van der Waals surface area contributed by atoms with Crippen LogP contribution in [0.3, 0.4) is 0 Å². The van der Waals surface area contributed by atoms with E-state index < -0.39 is 5.91 Å². The molecular weight excluding hydrogens is 270 g/mol. The first kappa shape index (κ1) is 17.1. The monoisotopic (exact) mass is 293 g/mol. The van der Waals surface area contributed by atoms with Crippen LogP contribution in [0, 0.1) is 0 Å². The highest BCUT2D eigenvalue weighted by Crippen LogP contribution is 2.07. The summed E-state index contributed by atoms with van der Waals surface area (Å²) in [6, 6.07) is 9.08. The zero-order chi connectivity index (χ0) is 15.7. The van der Waals surface area contributed by atoms with Crippen LogP contribution in [0.25, 0.3) is 0 Å². The molecule has 6 nitrogen and oxygen atoms in total. The Morgan fingerprint density at radius 1 is 1.24 bits per heavy atom. The Hall–Kier alpha value is -1.92. The van der Waals surface area contributed by atoms with Gasteiger partial charge < -0.3 is 10.2 Å². The fraction of sp³-hybridized carbons (Fsp3) is 0.467. The highest BCUT2D eigenvalue weighted by atomic mass is 16.5. The molecule has 0 bridgehead atoms. The number of hydrogen-bond donors (Lipinski definition) is 3. The van der Waals surface area contributed by atoms with E-state index in [0.29, 0.717) is 12.1 Å². The topological polar surface area (TPSA) is 81.7 Å². The SMILES string of the molecule is CN(C)C(CCCNC(=O)c1ccccc1)CC(=O)NO. The second kappa shape index (κ2) is 9.10. The molecule has 116 valence electrons. The molecule has 1 aromatic carbocycles. The van der Waals surface area contributed by atoms with Crippen molar-refractivity contribution in [1.29, 1.82) is 0 Å². The summed E-state index contributed by atoms with van der Waals surface area (Å²) in [7, 11) is 3.77. The van der Waals surface area contributed by atoms with E-state index in [1.165, 1.54) is 0 Å². The van der Waals surface area contributed by atoms with Crippen LogP contribution in [0.15, 0.2) is 30.3 Å². The van der Waals surface area contributed by atoms with Gasteiger partial charge in [-0.15, -0.1) is 0 Å². The molecular formula is C15H23N3O3. The fourth-order valence-corrected chi connectivity index (χ4v) is 2.03. The molecule has 0 saturated carbocycles. The van der Waals surface area contributed by atoms with Crippen LogP contribution in [0.4, 0.5) is 0 Å². The second-order valence-electron chi connectivity index (χ2n) is 5.12. The molecule has 0 saturated heterocycles. The third-order valence-electron chi connectivity index (χ3n) is 3.31. The van der Waals surface area contributed by atoms with E-state index in [4.69, 9.17) is 5.21 Å².